The summed E-state index contributed by atoms with van der Waals surface area (Å²) in [6.07, 6.45) is 2.70. The smallest absolute Gasteiger partial charge is 0.244 e. The predicted octanol–water partition coefficient (Wildman–Crippen LogP) is 3.08. The number of sulfonamides is 1. The zero-order valence-corrected chi connectivity index (χ0v) is 18.0. The molecule has 1 amide bonds. The number of carbonyl (C=O) groups is 1. The van der Waals surface area contributed by atoms with Crippen LogP contribution in [-0.2, 0) is 21.4 Å². The summed E-state index contributed by atoms with van der Waals surface area (Å²) in [5.74, 6) is -0.388. The number of benzene rings is 1. The number of anilines is 1. The summed E-state index contributed by atoms with van der Waals surface area (Å²) in [6.45, 7) is 1.77. The zero-order chi connectivity index (χ0) is 20.5. The molecule has 0 aliphatic rings. The van der Waals surface area contributed by atoms with Crippen molar-refractivity contribution >= 4 is 54.2 Å². The van der Waals surface area contributed by atoms with E-state index in [9.17, 15) is 13.2 Å². The number of carbonyl (C=O) groups excluding carboxylic acids is 1. The molecule has 0 N–H and O–H groups in total. The lowest BCUT2D eigenvalue weighted by molar-refractivity contribution is -0.118. The largest absolute Gasteiger partial charge is 0.281 e. The summed E-state index contributed by atoms with van der Waals surface area (Å²) < 4.78 is 25.4. The number of aromatic nitrogens is 2. The van der Waals surface area contributed by atoms with Crippen LogP contribution in [0.3, 0.4) is 0 Å². The van der Waals surface area contributed by atoms with Gasteiger partial charge in [-0.3, -0.25) is 14.7 Å². The molecule has 0 saturated carbocycles. The lowest BCUT2D eigenvalue weighted by atomic mass is 10.2. The van der Waals surface area contributed by atoms with Crippen LogP contribution in [0.15, 0.2) is 36.5 Å². The van der Waals surface area contributed by atoms with Crippen LogP contribution in [0.5, 0.6) is 0 Å². The van der Waals surface area contributed by atoms with Gasteiger partial charge in [0.2, 0.25) is 15.9 Å². The SMILES string of the molecule is Cc1c(Cl)ccc2sc(N(Cc3ccccn3)C(=O)CN(C)S(C)(=O)=O)nc12. The van der Waals surface area contributed by atoms with E-state index in [0.29, 0.717) is 15.8 Å². The van der Waals surface area contributed by atoms with E-state index in [4.69, 9.17) is 11.6 Å². The number of rotatable bonds is 6. The van der Waals surface area contributed by atoms with Gasteiger partial charge in [-0.1, -0.05) is 29.0 Å². The van der Waals surface area contributed by atoms with Crippen molar-refractivity contribution in [3.05, 3.63) is 52.8 Å². The van der Waals surface area contributed by atoms with Crippen LogP contribution < -0.4 is 4.90 Å². The minimum Gasteiger partial charge on any atom is -0.281 e. The van der Waals surface area contributed by atoms with E-state index < -0.39 is 10.0 Å². The first-order valence-corrected chi connectivity index (χ1v) is 11.4. The number of amides is 1. The predicted molar refractivity (Wildman–Crippen MR) is 112 cm³/mol. The molecule has 0 aliphatic carbocycles. The van der Waals surface area contributed by atoms with Gasteiger partial charge in [0, 0.05) is 18.3 Å². The maximum absolute atomic E-state index is 13.0. The molecule has 0 fully saturated rings. The van der Waals surface area contributed by atoms with Crippen LogP contribution in [0.2, 0.25) is 5.02 Å². The molecule has 3 aromatic rings. The highest BCUT2D eigenvalue weighted by atomic mass is 35.5. The molecule has 10 heteroatoms. The third-order valence-electron chi connectivity index (χ3n) is 4.24. The summed E-state index contributed by atoms with van der Waals surface area (Å²) >= 11 is 7.54. The van der Waals surface area contributed by atoms with E-state index in [0.717, 1.165) is 26.3 Å². The number of nitrogens with zero attached hydrogens (tertiary/aromatic N) is 4. The minimum atomic E-state index is -3.49. The highest BCUT2D eigenvalue weighted by molar-refractivity contribution is 7.88. The van der Waals surface area contributed by atoms with E-state index in [1.165, 1.54) is 23.3 Å². The number of aryl methyl sites for hydroxylation is 1. The van der Waals surface area contributed by atoms with E-state index in [1.54, 1.807) is 24.4 Å². The Morgan fingerprint density at radius 3 is 2.64 bits per heavy atom. The highest BCUT2D eigenvalue weighted by Crippen LogP contribution is 2.34. The molecule has 0 atom stereocenters. The average molecular weight is 439 g/mol. The van der Waals surface area contributed by atoms with E-state index in [2.05, 4.69) is 9.97 Å². The number of thiazole rings is 1. The molecule has 7 nitrogen and oxygen atoms in total. The molecule has 28 heavy (non-hydrogen) atoms. The third kappa shape index (κ3) is 4.49. The van der Waals surface area contributed by atoms with Crippen LogP contribution in [-0.4, -0.2) is 48.4 Å². The Morgan fingerprint density at radius 2 is 2.00 bits per heavy atom. The fraction of sp³-hybridized carbons (Fsp3) is 0.278. The zero-order valence-electron chi connectivity index (χ0n) is 15.6. The van der Waals surface area contributed by atoms with Gasteiger partial charge in [0.25, 0.3) is 0 Å². The number of halogens is 1. The van der Waals surface area contributed by atoms with Crippen molar-refractivity contribution in [2.24, 2.45) is 0 Å². The monoisotopic (exact) mass is 438 g/mol. The van der Waals surface area contributed by atoms with Gasteiger partial charge in [0.1, 0.15) is 0 Å². The first-order chi connectivity index (χ1) is 13.2. The second-order valence-corrected chi connectivity index (χ2v) is 9.84. The quantitative estimate of drug-likeness (QED) is 0.590. The summed E-state index contributed by atoms with van der Waals surface area (Å²) in [7, 11) is -2.12. The Bertz CT molecular complexity index is 1120. The molecule has 0 radical (unpaired) electrons. The molecule has 2 aromatic heterocycles. The molecular formula is C18H19ClN4O3S2. The van der Waals surface area contributed by atoms with Gasteiger partial charge in [0.15, 0.2) is 5.13 Å². The molecule has 0 saturated heterocycles. The van der Waals surface area contributed by atoms with Gasteiger partial charge in [-0.25, -0.2) is 13.4 Å². The summed E-state index contributed by atoms with van der Waals surface area (Å²) in [5.41, 5.74) is 2.23. The topological polar surface area (TPSA) is 83.5 Å². The van der Waals surface area contributed by atoms with Gasteiger partial charge in [-0.15, -0.1) is 0 Å². The maximum atomic E-state index is 13.0. The molecule has 0 bridgehead atoms. The van der Waals surface area contributed by atoms with E-state index in [-0.39, 0.29) is 19.0 Å². The van der Waals surface area contributed by atoms with Gasteiger partial charge in [-0.05, 0) is 36.8 Å². The summed E-state index contributed by atoms with van der Waals surface area (Å²) in [6, 6.07) is 9.07. The molecule has 2 heterocycles. The Balaban J connectivity index is 2.00. The van der Waals surface area contributed by atoms with E-state index in [1.807, 2.05) is 19.1 Å². The van der Waals surface area contributed by atoms with Crippen molar-refractivity contribution in [1.82, 2.24) is 14.3 Å². The van der Waals surface area contributed by atoms with Crippen LogP contribution in [0, 0.1) is 6.92 Å². The van der Waals surface area contributed by atoms with E-state index >= 15 is 0 Å². The second kappa shape index (κ2) is 8.12. The summed E-state index contributed by atoms with van der Waals surface area (Å²) in [4.78, 5) is 23.3. The minimum absolute atomic E-state index is 0.184. The maximum Gasteiger partial charge on any atom is 0.244 e. The number of hydrogen-bond acceptors (Lipinski definition) is 6. The fourth-order valence-electron chi connectivity index (χ4n) is 2.51. The summed E-state index contributed by atoms with van der Waals surface area (Å²) in [5, 5.41) is 1.07. The first kappa shape index (κ1) is 20.7. The molecule has 0 unspecified atom stereocenters. The normalized spacial score (nSPS) is 11.9. The standard InChI is InChI=1S/C18H19ClN4O3S2/c1-12-14(19)7-8-15-17(12)21-18(27-15)23(10-13-6-4-5-9-20-13)16(24)11-22(2)28(3,25)26/h4-9H,10-11H2,1-3H3. The first-order valence-electron chi connectivity index (χ1n) is 8.34. The number of fused-ring (bicyclic) bond motifs is 1. The number of pyridine rings is 1. The van der Waals surface area contributed by atoms with Crippen molar-refractivity contribution in [3.63, 3.8) is 0 Å². The average Bonchev–Trinajstić information content (AvgIpc) is 3.07. The van der Waals surface area contributed by atoms with Crippen molar-refractivity contribution in [2.45, 2.75) is 13.5 Å². The Morgan fingerprint density at radius 1 is 1.25 bits per heavy atom. The van der Waals surface area contributed by atoms with Gasteiger partial charge < -0.3 is 0 Å². The highest BCUT2D eigenvalue weighted by Gasteiger charge is 2.25. The molecule has 0 spiro atoms. The Hall–Kier alpha value is -2.07. The van der Waals surface area contributed by atoms with Crippen molar-refractivity contribution in [3.8, 4) is 0 Å². The molecule has 0 aliphatic heterocycles. The molecule has 1 aromatic carbocycles. The fourth-order valence-corrected chi connectivity index (χ4v) is 4.05. The van der Waals surface area contributed by atoms with Crippen LogP contribution in [0.25, 0.3) is 10.2 Å². The van der Waals surface area contributed by atoms with Gasteiger partial charge >= 0.3 is 0 Å². The lowest BCUT2D eigenvalue weighted by Crippen LogP contribution is -2.40. The van der Waals surface area contributed by atoms with Crippen molar-refractivity contribution in [1.29, 1.82) is 0 Å². The van der Waals surface area contributed by atoms with Crippen LogP contribution in [0.4, 0.5) is 5.13 Å². The van der Waals surface area contributed by atoms with Gasteiger partial charge in [0.05, 0.1) is 35.3 Å². The van der Waals surface area contributed by atoms with Crippen molar-refractivity contribution in [2.75, 3.05) is 24.7 Å². The third-order valence-corrected chi connectivity index (χ3v) is 6.95. The molecule has 148 valence electrons. The molecule has 3 rings (SSSR count). The Labute approximate surface area is 172 Å². The Kier molecular flexibility index (Phi) is 5.99. The lowest BCUT2D eigenvalue weighted by Gasteiger charge is -2.22. The number of hydrogen-bond donors (Lipinski definition) is 0. The number of likely N-dealkylation sites (N-methyl/N-ethyl adjacent to an activating group) is 1. The van der Waals surface area contributed by atoms with Gasteiger partial charge in [-0.2, -0.15) is 4.31 Å². The van der Waals surface area contributed by atoms with Crippen molar-refractivity contribution < 1.29 is 13.2 Å². The second-order valence-electron chi connectivity index (χ2n) is 6.34. The molecular weight excluding hydrogens is 420 g/mol. The van der Waals surface area contributed by atoms with Crippen LogP contribution >= 0.6 is 22.9 Å². The van der Waals surface area contributed by atoms with Crippen LogP contribution in [0.1, 0.15) is 11.3 Å².